The van der Waals surface area contributed by atoms with Crippen LogP contribution in [-0.4, -0.2) is 39.3 Å². The minimum absolute atomic E-state index is 0.0718. The molecule has 0 radical (unpaired) electrons. The van der Waals surface area contributed by atoms with E-state index in [0.29, 0.717) is 0 Å². The molecule has 100 valence electrons. The van der Waals surface area contributed by atoms with Crippen molar-refractivity contribution < 1.29 is 29.7 Å². The first-order valence-corrected chi connectivity index (χ1v) is 5.14. The molecule has 0 bridgehead atoms. The summed E-state index contributed by atoms with van der Waals surface area (Å²) in [7, 11) is 0. The van der Waals surface area contributed by atoms with Gasteiger partial charge in [-0.05, 0) is 5.92 Å². The second-order valence-corrected chi connectivity index (χ2v) is 3.54. The molecule has 0 aromatic heterocycles. The Morgan fingerprint density at radius 2 is 1.41 bits per heavy atom. The predicted octanol–water partition coefficient (Wildman–Crippen LogP) is 0.380. The van der Waals surface area contributed by atoms with Crippen LogP contribution in [0.4, 0.5) is 0 Å². The minimum atomic E-state index is -1.08. The molecular weight excluding hydrogens is 230 g/mol. The molecule has 5 N–H and O–H groups in total. The van der Waals surface area contributed by atoms with Gasteiger partial charge in [0.15, 0.2) is 0 Å². The average molecular weight is 249 g/mol. The van der Waals surface area contributed by atoms with Crippen molar-refractivity contribution in [2.24, 2.45) is 11.7 Å². The van der Waals surface area contributed by atoms with E-state index in [9.17, 15) is 14.4 Å². The molecule has 0 aliphatic carbocycles. The third kappa shape index (κ3) is 12.3. The molecule has 0 aromatic rings. The van der Waals surface area contributed by atoms with E-state index in [0.717, 1.165) is 6.42 Å². The summed E-state index contributed by atoms with van der Waals surface area (Å²) in [4.78, 5) is 29.5. The number of hydrogen-bond donors (Lipinski definition) is 4. The standard InChI is InChI=1S/C6H13NO2.C4H6O4/c1-3-4(2)5(7)6(8)9;5-3(6)1-2-4(7)8/h4-5H,3,7H2,1-2H3,(H,8,9);1-2H2,(H,5,6)(H,7,8)/t4-,5-;/m0./s1. The van der Waals surface area contributed by atoms with Gasteiger partial charge in [0, 0.05) is 0 Å². The van der Waals surface area contributed by atoms with Crippen molar-refractivity contribution in [2.45, 2.75) is 39.2 Å². The zero-order valence-electron chi connectivity index (χ0n) is 9.92. The zero-order chi connectivity index (χ0) is 14.0. The molecule has 0 saturated carbocycles. The fraction of sp³-hybridized carbons (Fsp3) is 0.700. The number of carboxylic acid groups (broad SMARTS) is 3. The largest absolute Gasteiger partial charge is 0.481 e. The van der Waals surface area contributed by atoms with Crippen LogP contribution in [0.15, 0.2) is 0 Å². The third-order valence-electron chi connectivity index (χ3n) is 2.09. The molecule has 0 aliphatic rings. The maximum Gasteiger partial charge on any atom is 0.320 e. The summed E-state index contributed by atoms with van der Waals surface area (Å²) in [6.07, 6.45) is 0.220. The molecule has 0 unspecified atom stereocenters. The molecule has 2 atom stereocenters. The van der Waals surface area contributed by atoms with Crippen LogP contribution in [0.5, 0.6) is 0 Å². The second kappa shape index (κ2) is 9.59. The normalized spacial score (nSPS) is 12.9. The van der Waals surface area contributed by atoms with E-state index in [1.807, 2.05) is 13.8 Å². The molecule has 0 fully saturated rings. The molecule has 0 spiro atoms. The van der Waals surface area contributed by atoms with Crippen molar-refractivity contribution in [3.05, 3.63) is 0 Å². The van der Waals surface area contributed by atoms with E-state index in [2.05, 4.69) is 0 Å². The third-order valence-corrected chi connectivity index (χ3v) is 2.09. The van der Waals surface area contributed by atoms with E-state index in [4.69, 9.17) is 21.1 Å². The van der Waals surface area contributed by atoms with E-state index in [1.165, 1.54) is 0 Å². The van der Waals surface area contributed by atoms with Crippen LogP contribution in [0, 0.1) is 5.92 Å². The molecule has 0 saturated heterocycles. The monoisotopic (exact) mass is 249 g/mol. The summed E-state index contributed by atoms with van der Waals surface area (Å²) >= 11 is 0. The van der Waals surface area contributed by atoms with Crippen LogP contribution in [-0.2, 0) is 14.4 Å². The zero-order valence-corrected chi connectivity index (χ0v) is 9.92. The fourth-order valence-corrected chi connectivity index (χ4v) is 0.711. The SMILES string of the molecule is CC[C@H](C)[C@H](N)C(=O)O.O=C(O)CCC(=O)O. The molecule has 0 heterocycles. The lowest BCUT2D eigenvalue weighted by molar-refractivity contribution is -0.143. The highest BCUT2D eigenvalue weighted by molar-refractivity contribution is 5.75. The van der Waals surface area contributed by atoms with Gasteiger partial charge in [0.05, 0.1) is 12.8 Å². The highest BCUT2D eigenvalue weighted by Crippen LogP contribution is 2.04. The van der Waals surface area contributed by atoms with E-state index in [1.54, 1.807) is 0 Å². The molecule has 0 rings (SSSR count). The molecular formula is C10H19NO6. The minimum Gasteiger partial charge on any atom is -0.481 e. The van der Waals surface area contributed by atoms with Crippen molar-refractivity contribution in [2.75, 3.05) is 0 Å². The molecule has 17 heavy (non-hydrogen) atoms. The van der Waals surface area contributed by atoms with E-state index in [-0.39, 0.29) is 18.8 Å². The van der Waals surface area contributed by atoms with Crippen LogP contribution in [0.3, 0.4) is 0 Å². The summed E-state index contributed by atoms with van der Waals surface area (Å²) < 4.78 is 0. The van der Waals surface area contributed by atoms with Gasteiger partial charge in [-0.1, -0.05) is 20.3 Å². The topological polar surface area (TPSA) is 138 Å². The van der Waals surface area contributed by atoms with Gasteiger partial charge in [0.25, 0.3) is 0 Å². The van der Waals surface area contributed by atoms with Gasteiger partial charge >= 0.3 is 17.9 Å². The summed E-state index contributed by atoms with van der Waals surface area (Å²) in [5, 5.41) is 24.2. The van der Waals surface area contributed by atoms with Crippen molar-refractivity contribution >= 4 is 17.9 Å². The van der Waals surface area contributed by atoms with Crippen LogP contribution >= 0.6 is 0 Å². The van der Waals surface area contributed by atoms with E-state index >= 15 is 0 Å². The Morgan fingerprint density at radius 3 is 1.53 bits per heavy atom. The van der Waals surface area contributed by atoms with Crippen LogP contribution in [0.1, 0.15) is 33.1 Å². The van der Waals surface area contributed by atoms with Gasteiger partial charge in [0.1, 0.15) is 6.04 Å². The highest BCUT2D eigenvalue weighted by atomic mass is 16.4. The second-order valence-electron chi connectivity index (χ2n) is 3.54. The number of carboxylic acids is 3. The molecule has 0 amide bonds. The first-order valence-electron chi connectivity index (χ1n) is 5.14. The maximum absolute atomic E-state index is 10.2. The van der Waals surface area contributed by atoms with Crippen molar-refractivity contribution in [3.63, 3.8) is 0 Å². The van der Waals surface area contributed by atoms with Gasteiger partial charge < -0.3 is 21.1 Å². The van der Waals surface area contributed by atoms with Crippen LogP contribution in [0.2, 0.25) is 0 Å². The summed E-state index contributed by atoms with van der Waals surface area (Å²) in [6, 6.07) is -0.699. The van der Waals surface area contributed by atoms with Crippen molar-refractivity contribution in [3.8, 4) is 0 Å². The van der Waals surface area contributed by atoms with Crippen LogP contribution < -0.4 is 5.73 Å². The van der Waals surface area contributed by atoms with Gasteiger partial charge in [-0.2, -0.15) is 0 Å². The smallest absolute Gasteiger partial charge is 0.320 e. The Hall–Kier alpha value is -1.63. The lowest BCUT2D eigenvalue weighted by Crippen LogP contribution is -2.36. The first kappa shape index (κ1) is 17.8. The van der Waals surface area contributed by atoms with Crippen molar-refractivity contribution in [1.82, 2.24) is 0 Å². The van der Waals surface area contributed by atoms with Gasteiger partial charge in [0.2, 0.25) is 0 Å². The predicted molar refractivity (Wildman–Crippen MR) is 59.6 cm³/mol. The molecule has 7 nitrogen and oxygen atoms in total. The lowest BCUT2D eigenvalue weighted by Gasteiger charge is -2.11. The first-order chi connectivity index (χ1) is 7.72. The lowest BCUT2D eigenvalue weighted by atomic mass is 10.0. The maximum atomic E-state index is 10.2. The molecule has 0 aromatic carbocycles. The number of carbonyl (C=O) groups is 3. The Labute approximate surface area is 99.2 Å². The number of rotatable bonds is 6. The Kier molecular flexibility index (Phi) is 10.0. The van der Waals surface area contributed by atoms with Gasteiger partial charge in [-0.15, -0.1) is 0 Å². The summed E-state index contributed by atoms with van der Waals surface area (Å²) in [5.74, 6) is -2.99. The Morgan fingerprint density at radius 1 is 1.06 bits per heavy atom. The number of aliphatic carboxylic acids is 3. The number of nitrogens with two attached hydrogens (primary N) is 1. The summed E-state index contributed by atoms with van der Waals surface area (Å²) in [6.45, 7) is 3.76. The van der Waals surface area contributed by atoms with Crippen molar-refractivity contribution in [1.29, 1.82) is 0 Å². The van der Waals surface area contributed by atoms with Crippen LogP contribution in [0.25, 0.3) is 0 Å². The Bertz CT molecular complexity index is 252. The summed E-state index contributed by atoms with van der Waals surface area (Å²) in [5.41, 5.74) is 5.27. The fourth-order valence-electron chi connectivity index (χ4n) is 0.711. The Balaban J connectivity index is 0. The van der Waals surface area contributed by atoms with E-state index < -0.39 is 23.9 Å². The number of hydrogen-bond acceptors (Lipinski definition) is 4. The van der Waals surface area contributed by atoms with Gasteiger partial charge in [-0.25, -0.2) is 0 Å². The molecule has 0 aliphatic heterocycles. The quantitative estimate of drug-likeness (QED) is 0.533. The molecule has 7 heteroatoms. The van der Waals surface area contributed by atoms with Gasteiger partial charge in [-0.3, -0.25) is 14.4 Å². The average Bonchev–Trinajstić information content (AvgIpc) is 2.24. The highest BCUT2D eigenvalue weighted by Gasteiger charge is 2.17.